The first-order chi connectivity index (χ1) is 14.6. The van der Waals surface area contributed by atoms with Gasteiger partial charge in [-0.15, -0.1) is 0 Å². The summed E-state index contributed by atoms with van der Waals surface area (Å²) in [6.45, 7) is 0.152. The number of nitro benzene ring substituents is 1. The molecule has 1 aliphatic rings. The number of H-pyrrole nitrogens is 1. The van der Waals surface area contributed by atoms with Gasteiger partial charge >= 0.3 is 0 Å². The Morgan fingerprint density at radius 2 is 2.10 bits per heavy atom. The Labute approximate surface area is 169 Å². The second-order valence-corrected chi connectivity index (χ2v) is 7.14. The summed E-state index contributed by atoms with van der Waals surface area (Å²) >= 11 is 0. The van der Waals surface area contributed by atoms with Gasteiger partial charge in [0.1, 0.15) is 5.82 Å². The van der Waals surface area contributed by atoms with Gasteiger partial charge < -0.3 is 14.8 Å². The number of hydrogen-bond donors (Lipinski definition) is 2. The van der Waals surface area contributed by atoms with E-state index in [0.717, 1.165) is 12.8 Å². The molecule has 1 amide bonds. The number of fused-ring (bicyclic) bond motifs is 1. The van der Waals surface area contributed by atoms with E-state index in [1.54, 1.807) is 24.3 Å². The Morgan fingerprint density at radius 1 is 1.23 bits per heavy atom. The first kappa shape index (κ1) is 18.0. The number of hydrogen-bond acceptors (Lipinski definition) is 7. The fourth-order valence-electron chi connectivity index (χ4n) is 3.16. The molecule has 1 fully saturated rings. The third-order valence-electron chi connectivity index (χ3n) is 4.89. The largest absolute Gasteiger partial charge is 0.345 e. The molecule has 0 bridgehead atoms. The highest BCUT2D eigenvalue weighted by atomic mass is 16.6. The molecular weight excluding hydrogens is 388 g/mol. The van der Waals surface area contributed by atoms with Gasteiger partial charge in [0.25, 0.3) is 11.6 Å². The zero-order valence-corrected chi connectivity index (χ0v) is 15.7. The summed E-state index contributed by atoms with van der Waals surface area (Å²) in [7, 11) is 0. The minimum atomic E-state index is -0.466. The summed E-state index contributed by atoms with van der Waals surface area (Å²) in [5.74, 6) is 1.69. The molecule has 0 atom stereocenters. The third-order valence-corrected chi connectivity index (χ3v) is 4.89. The number of benzene rings is 2. The van der Waals surface area contributed by atoms with Crippen LogP contribution in [0.3, 0.4) is 0 Å². The fourth-order valence-corrected chi connectivity index (χ4v) is 3.16. The molecule has 30 heavy (non-hydrogen) atoms. The monoisotopic (exact) mass is 404 g/mol. The minimum Gasteiger partial charge on any atom is -0.345 e. The number of nitrogens with zero attached hydrogens (tertiary/aromatic N) is 4. The standard InChI is InChI=1S/C20H16N6O4/c27-19(21-10-17-22-15-7-6-14(26(28)29)9-16(15)23-17)13-3-1-2-12(8-13)18-24-20(30-25-18)11-4-5-11/h1-3,6-9,11H,4-5,10H2,(H,21,27)(H,22,23). The van der Waals surface area contributed by atoms with Gasteiger partial charge in [-0.25, -0.2) is 4.98 Å². The highest BCUT2D eigenvalue weighted by molar-refractivity contribution is 5.95. The van der Waals surface area contributed by atoms with E-state index in [0.29, 0.717) is 45.6 Å². The van der Waals surface area contributed by atoms with E-state index in [1.165, 1.54) is 12.1 Å². The lowest BCUT2D eigenvalue weighted by Gasteiger charge is -2.04. The Kier molecular flexibility index (Phi) is 4.24. The Morgan fingerprint density at radius 3 is 2.90 bits per heavy atom. The van der Waals surface area contributed by atoms with E-state index in [1.807, 2.05) is 6.07 Å². The van der Waals surface area contributed by atoms with Gasteiger partial charge in [0.05, 0.1) is 22.5 Å². The third kappa shape index (κ3) is 3.50. The molecule has 0 aliphatic heterocycles. The predicted octanol–water partition coefficient (Wildman–Crippen LogP) is 3.33. The second kappa shape index (κ2) is 7.07. The topological polar surface area (TPSA) is 140 Å². The lowest BCUT2D eigenvalue weighted by molar-refractivity contribution is -0.384. The van der Waals surface area contributed by atoms with Gasteiger partial charge in [-0.2, -0.15) is 4.98 Å². The Bertz CT molecular complexity index is 1270. The van der Waals surface area contributed by atoms with Crippen LogP contribution >= 0.6 is 0 Å². The van der Waals surface area contributed by atoms with Crippen molar-refractivity contribution in [1.82, 2.24) is 25.4 Å². The molecule has 10 nitrogen and oxygen atoms in total. The summed E-state index contributed by atoms with van der Waals surface area (Å²) in [5, 5.41) is 17.7. The summed E-state index contributed by atoms with van der Waals surface area (Å²) in [6.07, 6.45) is 2.14. The van der Waals surface area contributed by atoms with E-state index < -0.39 is 4.92 Å². The number of rotatable bonds is 6. The number of carbonyl (C=O) groups is 1. The number of non-ortho nitro benzene ring substituents is 1. The molecule has 0 spiro atoms. The highest BCUT2D eigenvalue weighted by Gasteiger charge is 2.29. The molecule has 2 N–H and O–H groups in total. The minimum absolute atomic E-state index is 0.0233. The van der Waals surface area contributed by atoms with Crippen molar-refractivity contribution < 1.29 is 14.2 Å². The van der Waals surface area contributed by atoms with Gasteiger partial charge in [0.2, 0.25) is 11.7 Å². The lowest BCUT2D eigenvalue weighted by atomic mass is 10.1. The van der Waals surface area contributed by atoms with Crippen LogP contribution in [0.4, 0.5) is 5.69 Å². The Hall–Kier alpha value is -4.08. The zero-order chi connectivity index (χ0) is 20.7. The van der Waals surface area contributed by atoms with Crippen LogP contribution in [0.2, 0.25) is 0 Å². The summed E-state index contributed by atoms with van der Waals surface area (Å²) in [4.78, 5) is 34.7. The first-order valence-electron chi connectivity index (χ1n) is 9.42. The average Bonchev–Trinajstić information content (AvgIpc) is 3.34. The number of nitro groups is 1. The molecule has 2 heterocycles. The van der Waals surface area contributed by atoms with Gasteiger partial charge in [-0.05, 0) is 31.0 Å². The van der Waals surface area contributed by atoms with Crippen molar-refractivity contribution >= 4 is 22.6 Å². The SMILES string of the molecule is O=C(NCc1nc2ccc([N+](=O)[O-])cc2[nH]1)c1cccc(-c2noc(C3CC3)n2)c1. The van der Waals surface area contributed by atoms with E-state index in [9.17, 15) is 14.9 Å². The van der Waals surface area contributed by atoms with Crippen LogP contribution in [0, 0.1) is 10.1 Å². The quantitative estimate of drug-likeness (QED) is 0.371. The normalized spacial score (nSPS) is 13.5. The van der Waals surface area contributed by atoms with Crippen LogP contribution < -0.4 is 5.32 Å². The van der Waals surface area contributed by atoms with E-state index >= 15 is 0 Å². The molecular formula is C20H16N6O4. The van der Waals surface area contributed by atoms with Crippen LogP contribution in [0.1, 0.15) is 40.8 Å². The van der Waals surface area contributed by atoms with Crippen molar-refractivity contribution in [3.63, 3.8) is 0 Å². The van der Waals surface area contributed by atoms with Crippen LogP contribution in [0.15, 0.2) is 47.0 Å². The van der Waals surface area contributed by atoms with Crippen molar-refractivity contribution in [2.45, 2.75) is 25.3 Å². The maximum atomic E-state index is 12.6. The number of nitrogens with one attached hydrogen (secondary N) is 2. The van der Waals surface area contributed by atoms with E-state index in [2.05, 4.69) is 25.4 Å². The molecule has 0 unspecified atom stereocenters. The maximum absolute atomic E-state index is 12.6. The van der Waals surface area contributed by atoms with Crippen molar-refractivity contribution in [3.05, 3.63) is 69.9 Å². The summed E-state index contributed by atoms with van der Waals surface area (Å²) in [5.41, 5.74) is 2.27. The van der Waals surface area contributed by atoms with Crippen LogP contribution in [0.25, 0.3) is 22.4 Å². The molecule has 5 rings (SSSR count). The highest BCUT2D eigenvalue weighted by Crippen LogP contribution is 2.39. The number of carbonyl (C=O) groups excluding carboxylic acids is 1. The fraction of sp³-hybridized carbons (Fsp3) is 0.200. The van der Waals surface area contributed by atoms with Crippen molar-refractivity contribution in [3.8, 4) is 11.4 Å². The number of amides is 1. The number of aromatic amines is 1. The van der Waals surface area contributed by atoms with Crippen LogP contribution in [0.5, 0.6) is 0 Å². The molecule has 2 aromatic carbocycles. The zero-order valence-electron chi connectivity index (χ0n) is 15.7. The summed E-state index contributed by atoms with van der Waals surface area (Å²) in [6, 6.07) is 11.4. The predicted molar refractivity (Wildman–Crippen MR) is 106 cm³/mol. The van der Waals surface area contributed by atoms with Gasteiger partial charge in [0.15, 0.2) is 0 Å². The van der Waals surface area contributed by atoms with Crippen molar-refractivity contribution in [1.29, 1.82) is 0 Å². The van der Waals surface area contributed by atoms with Gasteiger partial charge in [-0.3, -0.25) is 14.9 Å². The average molecular weight is 404 g/mol. The smallest absolute Gasteiger partial charge is 0.271 e. The number of imidazole rings is 1. The molecule has 1 aliphatic carbocycles. The first-order valence-corrected chi connectivity index (χ1v) is 9.42. The van der Waals surface area contributed by atoms with Crippen LogP contribution in [-0.4, -0.2) is 30.9 Å². The molecule has 150 valence electrons. The molecule has 2 aromatic heterocycles. The molecule has 0 saturated heterocycles. The summed E-state index contributed by atoms with van der Waals surface area (Å²) < 4.78 is 5.28. The molecule has 0 radical (unpaired) electrons. The van der Waals surface area contributed by atoms with Crippen molar-refractivity contribution in [2.75, 3.05) is 0 Å². The Balaban J connectivity index is 1.29. The molecule has 10 heteroatoms. The maximum Gasteiger partial charge on any atom is 0.271 e. The van der Waals surface area contributed by atoms with Gasteiger partial charge in [0, 0.05) is 29.2 Å². The van der Waals surface area contributed by atoms with E-state index in [4.69, 9.17) is 4.52 Å². The van der Waals surface area contributed by atoms with Crippen molar-refractivity contribution in [2.24, 2.45) is 0 Å². The molecule has 4 aromatic rings. The second-order valence-electron chi connectivity index (χ2n) is 7.14. The van der Waals surface area contributed by atoms with Crippen LogP contribution in [-0.2, 0) is 6.54 Å². The number of aromatic nitrogens is 4. The van der Waals surface area contributed by atoms with Gasteiger partial charge in [-0.1, -0.05) is 17.3 Å². The van der Waals surface area contributed by atoms with E-state index in [-0.39, 0.29) is 18.1 Å². The lowest BCUT2D eigenvalue weighted by Crippen LogP contribution is -2.23. The molecule has 1 saturated carbocycles.